The molecule has 1 aromatic heterocycles. The molecule has 0 amide bonds. The predicted molar refractivity (Wildman–Crippen MR) is 64.1 cm³/mol. The van der Waals surface area contributed by atoms with Gasteiger partial charge in [-0.1, -0.05) is 13.8 Å². The van der Waals surface area contributed by atoms with Gasteiger partial charge in [0.05, 0.1) is 0 Å². The molecule has 0 aliphatic heterocycles. The standard InChI is InChI=1S/C12H21N3/c1-6-12(5,7-2)15-11-13-9(3)8-10(4)14-11/h8H,6-7H2,1-5H3,(H,13,14,15). The number of rotatable bonds is 4. The third-order valence-electron chi connectivity index (χ3n) is 2.96. The third kappa shape index (κ3) is 3.18. The van der Waals surface area contributed by atoms with Crippen LogP contribution in [-0.4, -0.2) is 15.5 Å². The van der Waals surface area contributed by atoms with Crippen LogP contribution in [0.15, 0.2) is 6.07 Å². The van der Waals surface area contributed by atoms with Crippen LogP contribution in [0.4, 0.5) is 5.95 Å². The van der Waals surface area contributed by atoms with Crippen molar-refractivity contribution in [3.05, 3.63) is 17.5 Å². The van der Waals surface area contributed by atoms with E-state index in [2.05, 4.69) is 36.1 Å². The van der Waals surface area contributed by atoms with Crippen LogP contribution in [0.3, 0.4) is 0 Å². The molecule has 0 radical (unpaired) electrons. The molecule has 0 bridgehead atoms. The smallest absolute Gasteiger partial charge is 0.223 e. The number of hydrogen-bond donors (Lipinski definition) is 1. The van der Waals surface area contributed by atoms with E-state index in [0.717, 1.165) is 30.2 Å². The Balaban J connectivity index is 2.88. The molecule has 0 saturated heterocycles. The van der Waals surface area contributed by atoms with Crippen LogP contribution >= 0.6 is 0 Å². The first-order chi connectivity index (χ1) is 6.99. The van der Waals surface area contributed by atoms with Gasteiger partial charge in [0.15, 0.2) is 0 Å². The van der Waals surface area contributed by atoms with Crippen molar-refractivity contribution in [1.82, 2.24) is 9.97 Å². The summed E-state index contributed by atoms with van der Waals surface area (Å²) in [6.07, 6.45) is 2.14. The van der Waals surface area contributed by atoms with Crippen LogP contribution in [0.5, 0.6) is 0 Å². The SMILES string of the molecule is CCC(C)(CC)Nc1nc(C)cc(C)n1. The molecule has 1 rings (SSSR count). The fourth-order valence-corrected chi connectivity index (χ4v) is 1.48. The zero-order valence-corrected chi connectivity index (χ0v) is 10.4. The molecule has 0 aromatic carbocycles. The molecule has 1 aromatic rings. The van der Waals surface area contributed by atoms with Crippen LogP contribution in [-0.2, 0) is 0 Å². The summed E-state index contributed by atoms with van der Waals surface area (Å²) >= 11 is 0. The van der Waals surface area contributed by atoms with E-state index < -0.39 is 0 Å². The zero-order valence-electron chi connectivity index (χ0n) is 10.4. The number of hydrogen-bond acceptors (Lipinski definition) is 3. The Bertz CT molecular complexity index is 309. The number of aromatic nitrogens is 2. The highest BCUT2D eigenvalue weighted by atomic mass is 15.1. The summed E-state index contributed by atoms with van der Waals surface area (Å²) in [6.45, 7) is 10.6. The molecule has 1 N–H and O–H groups in total. The summed E-state index contributed by atoms with van der Waals surface area (Å²) in [5.74, 6) is 0.749. The van der Waals surface area contributed by atoms with Crippen molar-refractivity contribution in [3.63, 3.8) is 0 Å². The van der Waals surface area contributed by atoms with Crippen molar-refractivity contribution in [2.24, 2.45) is 0 Å². The Morgan fingerprint density at radius 3 is 2.00 bits per heavy atom. The number of anilines is 1. The molecule has 84 valence electrons. The van der Waals surface area contributed by atoms with Gasteiger partial charge in [-0.25, -0.2) is 9.97 Å². The van der Waals surface area contributed by atoms with Crippen LogP contribution in [0.1, 0.15) is 45.0 Å². The summed E-state index contributed by atoms with van der Waals surface area (Å²) in [5.41, 5.74) is 2.12. The first-order valence-electron chi connectivity index (χ1n) is 5.59. The van der Waals surface area contributed by atoms with Crippen molar-refractivity contribution in [2.75, 3.05) is 5.32 Å². The first-order valence-corrected chi connectivity index (χ1v) is 5.59. The Labute approximate surface area is 92.3 Å². The van der Waals surface area contributed by atoms with E-state index >= 15 is 0 Å². The Kier molecular flexibility index (Phi) is 3.66. The van der Waals surface area contributed by atoms with Gasteiger partial charge in [0.1, 0.15) is 0 Å². The maximum absolute atomic E-state index is 4.39. The van der Waals surface area contributed by atoms with E-state index in [1.165, 1.54) is 0 Å². The van der Waals surface area contributed by atoms with E-state index in [0.29, 0.717) is 0 Å². The van der Waals surface area contributed by atoms with E-state index in [9.17, 15) is 0 Å². The number of nitrogens with one attached hydrogen (secondary N) is 1. The molecule has 0 spiro atoms. The first kappa shape index (κ1) is 12.0. The quantitative estimate of drug-likeness (QED) is 0.824. The maximum Gasteiger partial charge on any atom is 0.223 e. The lowest BCUT2D eigenvalue weighted by molar-refractivity contribution is 0.474. The molecular weight excluding hydrogens is 186 g/mol. The van der Waals surface area contributed by atoms with Gasteiger partial charge in [-0.2, -0.15) is 0 Å². The van der Waals surface area contributed by atoms with Gasteiger partial charge in [-0.15, -0.1) is 0 Å². The Hall–Kier alpha value is -1.12. The van der Waals surface area contributed by atoms with Crippen molar-refractivity contribution in [3.8, 4) is 0 Å². The molecule has 3 nitrogen and oxygen atoms in total. The van der Waals surface area contributed by atoms with Gasteiger partial charge in [0.2, 0.25) is 5.95 Å². The van der Waals surface area contributed by atoms with Crippen molar-refractivity contribution in [2.45, 2.75) is 53.0 Å². The highest BCUT2D eigenvalue weighted by Gasteiger charge is 2.20. The lowest BCUT2D eigenvalue weighted by Crippen LogP contribution is -2.34. The molecule has 0 fully saturated rings. The molecule has 0 aliphatic rings. The van der Waals surface area contributed by atoms with Crippen LogP contribution in [0, 0.1) is 13.8 Å². The van der Waals surface area contributed by atoms with Gasteiger partial charge in [0, 0.05) is 16.9 Å². The largest absolute Gasteiger partial charge is 0.349 e. The average molecular weight is 207 g/mol. The van der Waals surface area contributed by atoms with E-state index in [1.807, 2.05) is 19.9 Å². The van der Waals surface area contributed by atoms with Crippen LogP contribution < -0.4 is 5.32 Å². The molecule has 15 heavy (non-hydrogen) atoms. The Morgan fingerprint density at radius 2 is 1.60 bits per heavy atom. The molecule has 0 unspecified atom stereocenters. The summed E-state index contributed by atoms with van der Waals surface area (Å²) in [7, 11) is 0. The average Bonchev–Trinajstić information content (AvgIpc) is 2.16. The predicted octanol–water partition coefficient (Wildman–Crippen LogP) is 3.08. The van der Waals surface area contributed by atoms with Gasteiger partial charge in [-0.3, -0.25) is 0 Å². The molecule has 1 heterocycles. The third-order valence-corrected chi connectivity index (χ3v) is 2.96. The number of nitrogens with zero attached hydrogens (tertiary/aromatic N) is 2. The molecule has 0 aliphatic carbocycles. The van der Waals surface area contributed by atoms with Crippen molar-refractivity contribution in [1.29, 1.82) is 0 Å². The second kappa shape index (κ2) is 4.60. The highest BCUT2D eigenvalue weighted by Crippen LogP contribution is 2.19. The minimum atomic E-state index is 0.0975. The second-order valence-corrected chi connectivity index (χ2v) is 4.37. The van der Waals surface area contributed by atoms with Gasteiger partial charge in [-0.05, 0) is 39.7 Å². The van der Waals surface area contributed by atoms with E-state index in [4.69, 9.17) is 0 Å². The summed E-state index contributed by atoms with van der Waals surface area (Å²) in [5, 5.41) is 3.41. The summed E-state index contributed by atoms with van der Waals surface area (Å²) in [6, 6.07) is 1.99. The minimum Gasteiger partial charge on any atom is -0.349 e. The lowest BCUT2D eigenvalue weighted by Gasteiger charge is -2.28. The fourth-order valence-electron chi connectivity index (χ4n) is 1.48. The van der Waals surface area contributed by atoms with Crippen molar-refractivity contribution < 1.29 is 0 Å². The van der Waals surface area contributed by atoms with Crippen molar-refractivity contribution >= 4 is 5.95 Å². The van der Waals surface area contributed by atoms with Crippen LogP contribution in [0.25, 0.3) is 0 Å². The van der Waals surface area contributed by atoms with Gasteiger partial charge >= 0.3 is 0 Å². The normalized spacial score (nSPS) is 11.5. The zero-order chi connectivity index (χ0) is 11.5. The van der Waals surface area contributed by atoms with Gasteiger partial charge < -0.3 is 5.32 Å². The minimum absolute atomic E-state index is 0.0975. The Morgan fingerprint density at radius 1 is 1.13 bits per heavy atom. The maximum atomic E-state index is 4.39. The summed E-state index contributed by atoms with van der Waals surface area (Å²) < 4.78 is 0. The van der Waals surface area contributed by atoms with Gasteiger partial charge in [0.25, 0.3) is 0 Å². The number of aryl methyl sites for hydroxylation is 2. The second-order valence-electron chi connectivity index (χ2n) is 4.37. The lowest BCUT2D eigenvalue weighted by atomic mass is 9.96. The molecule has 3 heteroatoms. The fraction of sp³-hybridized carbons (Fsp3) is 0.667. The topological polar surface area (TPSA) is 37.8 Å². The highest BCUT2D eigenvalue weighted by molar-refractivity contribution is 5.31. The van der Waals surface area contributed by atoms with E-state index in [-0.39, 0.29) is 5.54 Å². The van der Waals surface area contributed by atoms with Crippen LogP contribution in [0.2, 0.25) is 0 Å². The van der Waals surface area contributed by atoms with E-state index in [1.54, 1.807) is 0 Å². The molecule has 0 saturated carbocycles. The molecular formula is C12H21N3. The summed E-state index contributed by atoms with van der Waals surface area (Å²) in [4.78, 5) is 8.79. The monoisotopic (exact) mass is 207 g/mol. The molecule has 0 atom stereocenters.